The van der Waals surface area contributed by atoms with E-state index in [9.17, 15) is 4.39 Å². The number of benzene rings is 1. The van der Waals surface area contributed by atoms with Crippen molar-refractivity contribution in [1.82, 2.24) is 15.1 Å². The molecule has 0 radical (unpaired) electrons. The maximum atomic E-state index is 14.1. The molecule has 0 atom stereocenters. The van der Waals surface area contributed by atoms with Crippen molar-refractivity contribution >= 4 is 5.69 Å². The summed E-state index contributed by atoms with van der Waals surface area (Å²) in [4.78, 5) is 1.93. The molecule has 1 heterocycles. The second-order valence-corrected chi connectivity index (χ2v) is 4.91. The van der Waals surface area contributed by atoms with Crippen LogP contribution in [0.2, 0.25) is 0 Å². The van der Waals surface area contributed by atoms with E-state index < -0.39 is 0 Å². The van der Waals surface area contributed by atoms with Crippen LogP contribution in [0.4, 0.5) is 10.1 Å². The average molecular weight is 276 g/mol. The zero-order valence-electron chi connectivity index (χ0n) is 12.2. The molecule has 0 saturated heterocycles. The first-order valence-electron chi connectivity index (χ1n) is 6.78. The molecule has 2 rings (SSSR count). The summed E-state index contributed by atoms with van der Waals surface area (Å²) in [5.41, 5.74) is 2.68. The Kier molecular flexibility index (Phi) is 4.74. The van der Waals surface area contributed by atoms with Gasteiger partial charge in [-0.25, -0.2) is 4.39 Å². The molecule has 2 aromatic rings. The van der Waals surface area contributed by atoms with Crippen LogP contribution >= 0.6 is 0 Å². The van der Waals surface area contributed by atoms with Crippen LogP contribution in [0.25, 0.3) is 0 Å². The Labute approximate surface area is 119 Å². The lowest BCUT2D eigenvalue weighted by Crippen LogP contribution is -2.21. The molecule has 0 fully saturated rings. The molecule has 1 aromatic carbocycles. The van der Waals surface area contributed by atoms with Crippen LogP contribution in [0.5, 0.6) is 0 Å². The quantitative estimate of drug-likeness (QED) is 0.879. The number of halogens is 1. The molecular weight excluding hydrogens is 255 g/mol. The number of nitrogens with one attached hydrogen (secondary N) is 1. The molecule has 1 aromatic heterocycles. The lowest BCUT2D eigenvalue weighted by molar-refractivity contribution is 0.615. The second-order valence-electron chi connectivity index (χ2n) is 4.91. The van der Waals surface area contributed by atoms with Crippen molar-refractivity contribution in [2.45, 2.75) is 20.0 Å². The van der Waals surface area contributed by atoms with Crippen LogP contribution in [0, 0.1) is 5.82 Å². The standard InChI is InChI=1S/C15H21FN4/c1-4-17-9-13-6-5-7-14(16)15(13)19(2)10-12-8-18-20(3)11-12/h5-8,11,17H,4,9-10H2,1-3H3. The normalized spacial score (nSPS) is 10.8. The largest absolute Gasteiger partial charge is 0.368 e. The van der Waals surface area contributed by atoms with Gasteiger partial charge in [-0.2, -0.15) is 5.10 Å². The first kappa shape index (κ1) is 14.5. The summed E-state index contributed by atoms with van der Waals surface area (Å²) in [6.07, 6.45) is 3.75. The molecule has 1 N–H and O–H groups in total. The van der Waals surface area contributed by atoms with Crippen molar-refractivity contribution in [1.29, 1.82) is 0 Å². The average Bonchev–Trinajstić information content (AvgIpc) is 2.81. The van der Waals surface area contributed by atoms with Crippen LogP contribution in [-0.4, -0.2) is 23.4 Å². The van der Waals surface area contributed by atoms with E-state index in [1.54, 1.807) is 16.9 Å². The van der Waals surface area contributed by atoms with Crippen molar-refractivity contribution in [3.8, 4) is 0 Å². The third-order valence-electron chi connectivity index (χ3n) is 3.20. The Morgan fingerprint density at radius 3 is 2.85 bits per heavy atom. The number of nitrogens with zero attached hydrogens (tertiary/aromatic N) is 3. The highest BCUT2D eigenvalue weighted by molar-refractivity contribution is 5.54. The maximum absolute atomic E-state index is 14.1. The molecule has 4 nitrogen and oxygen atoms in total. The number of para-hydroxylation sites is 1. The Balaban J connectivity index is 2.21. The first-order chi connectivity index (χ1) is 9.61. The highest BCUT2D eigenvalue weighted by atomic mass is 19.1. The van der Waals surface area contributed by atoms with Crippen LogP contribution in [0.1, 0.15) is 18.1 Å². The maximum Gasteiger partial charge on any atom is 0.146 e. The van der Waals surface area contributed by atoms with Gasteiger partial charge in [0.2, 0.25) is 0 Å². The molecule has 0 aliphatic heterocycles. The van der Waals surface area contributed by atoms with Gasteiger partial charge in [0.15, 0.2) is 0 Å². The number of aromatic nitrogens is 2. The molecule has 0 aliphatic rings. The number of anilines is 1. The SMILES string of the molecule is CCNCc1cccc(F)c1N(C)Cc1cnn(C)c1. The molecule has 20 heavy (non-hydrogen) atoms. The molecule has 0 bridgehead atoms. The van der Waals surface area contributed by atoms with E-state index in [4.69, 9.17) is 0 Å². The van der Waals surface area contributed by atoms with Gasteiger partial charge < -0.3 is 10.2 Å². The summed E-state index contributed by atoms with van der Waals surface area (Å²) < 4.78 is 15.9. The van der Waals surface area contributed by atoms with E-state index in [0.29, 0.717) is 18.8 Å². The number of aryl methyl sites for hydroxylation is 1. The van der Waals surface area contributed by atoms with Gasteiger partial charge in [0.1, 0.15) is 5.82 Å². The van der Waals surface area contributed by atoms with Crippen molar-refractivity contribution < 1.29 is 4.39 Å². The summed E-state index contributed by atoms with van der Waals surface area (Å²) in [7, 11) is 3.78. The molecule has 0 amide bonds. The fraction of sp³-hybridized carbons (Fsp3) is 0.400. The van der Waals surface area contributed by atoms with E-state index in [1.165, 1.54) is 6.07 Å². The van der Waals surface area contributed by atoms with Gasteiger partial charge in [-0.05, 0) is 18.2 Å². The highest BCUT2D eigenvalue weighted by Gasteiger charge is 2.13. The number of hydrogen-bond donors (Lipinski definition) is 1. The summed E-state index contributed by atoms with van der Waals surface area (Å²) in [6, 6.07) is 5.22. The fourth-order valence-corrected chi connectivity index (χ4v) is 2.30. The Bertz CT molecular complexity index is 565. The van der Waals surface area contributed by atoms with E-state index in [-0.39, 0.29) is 5.82 Å². The monoisotopic (exact) mass is 276 g/mol. The van der Waals surface area contributed by atoms with Gasteiger partial charge in [-0.15, -0.1) is 0 Å². The lowest BCUT2D eigenvalue weighted by atomic mass is 10.1. The summed E-state index contributed by atoms with van der Waals surface area (Å²) in [5, 5.41) is 7.39. The molecule has 0 saturated carbocycles. The Hall–Kier alpha value is -1.88. The molecule has 0 spiro atoms. The van der Waals surface area contributed by atoms with Crippen molar-refractivity contribution in [3.05, 3.63) is 47.5 Å². The van der Waals surface area contributed by atoms with Crippen molar-refractivity contribution in [2.75, 3.05) is 18.5 Å². The second kappa shape index (κ2) is 6.52. The van der Waals surface area contributed by atoms with Crippen LogP contribution in [-0.2, 0) is 20.1 Å². The summed E-state index contributed by atoms with van der Waals surface area (Å²) in [5.74, 6) is -0.188. The minimum atomic E-state index is -0.188. The predicted octanol–water partition coefficient (Wildman–Crippen LogP) is 2.31. The molecular formula is C15H21FN4. The van der Waals surface area contributed by atoms with Crippen LogP contribution in [0.3, 0.4) is 0 Å². The zero-order chi connectivity index (χ0) is 14.5. The summed E-state index contributed by atoms with van der Waals surface area (Å²) >= 11 is 0. The summed E-state index contributed by atoms with van der Waals surface area (Å²) in [6.45, 7) is 4.20. The predicted molar refractivity (Wildman–Crippen MR) is 79.1 cm³/mol. The van der Waals surface area contributed by atoms with E-state index >= 15 is 0 Å². The topological polar surface area (TPSA) is 33.1 Å². The molecule has 108 valence electrons. The zero-order valence-corrected chi connectivity index (χ0v) is 12.2. The van der Waals surface area contributed by atoms with E-state index in [0.717, 1.165) is 17.7 Å². The van der Waals surface area contributed by atoms with E-state index in [2.05, 4.69) is 10.4 Å². The van der Waals surface area contributed by atoms with Gasteiger partial charge in [0.05, 0.1) is 11.9 Å². The van der Waals surface area contributed by atoms with Crippen molar-refractivity contribution in [2.24, 2.45) is 7.05 Å². The smallest absolute Gasteiger partial charge is 0.146 e. The molecule has 0 unspecified atom stereocenters. The highest BCUT2D eigenvalue weighted by Crippen LogP contribution is 2.24. The minimum Gasteiger partial charge on any atom is -0.368 e. The minimum absolute atomic E-state index is 0.188. The van der Waals surface area contributed by atoms with E-state index in [1.807, 2.05) is 38.2 Å². The van der Waals surface area contributed by atoms with Crippen LogP contribution < -0.4 is 10.2 Å². The number of hydrogen-bond acceptors (Lipinski definition) is 3. The molecule has 5 heteroatoms. The first-order valence-corrected chi connectivity index (χ1v) is 6.78. The third kappa shape index (κ3) is 3.36. The lowest BCUT2D eigenvalue weighted by Gasteiger charge is -2.22. The van der Waals surface area contributed by atoms with Crippen molar-refractivity contribution in [3.63, 3.8) is 0 Å². The van der Waals surface area contributed by atoms with Gasteiger partial charge in [0.25, 0.3) is 0 Å². The van der Waals surface area contributed by atoms with Crippen LogP contribution in [0.15, 0.2) is 30.6 Å². The Morgan fingerprint density at radius 1 is 1.40 bits per heavy atom. The third-order valence-corrected chi connectivity index (χ3v) is 3.20. The Morgan fingerprint density at radius 2 is 2.20 bits per heavy atom. The molecule has 0 aliphatic carbocycles. The fourth-order valence-electron chi connectivity index (χ4n) is 2.30. The number of rotatable bonds is 6. The van der Waals surface area contributed by atoms with Gasteiger partial charge in [0, 0.05) is 38.9 Å². The van der Waals surface area contributed by atoms with Gasteiger partial charge >= 0.3 is 0 Å². The van der Waals surface area contributed by atoms with Gasteiger partial charge in [-0.1, -0.05) is 19.1 Å². The van der Waals surface area contributed by atoms with Gasteiger partial charge in [-0.3, -0.25) is 4.68 Å².